The fourth-order valence-corrected chi connectivity index (χ4v) is 4.44. The molecule has 4 rings (SSSR count). The van der Waals surface area contributed by atoms with E-state index in [-0.39, 0.29) is 11.3 Å². The summed E-state index contributed by atoms with van der Waals surface area (Å²) in [5.41, 5.74) is 1.60. The summed E-state index contributed by atoms with van der Waals surface area (Å²) >= 11 is 1.37. The molecule has 1 aliphatic heterocycles. The lowest BCUT2D eigenvalue weighted by molar-refractivity contribution is -0.384. The minimum absolute atomic E-state index is 0.0361. The van der Waals surface area contributed by atoms with Gasteiger partial charge in [0.1, 0.15) is 5.69 Å². The van der Waals surface area contributed by atoms with Crippen molar-refractivity contribution >= 4 is 44.0 Å². The molecule has 1 aliphatic rings. The van der Waals surface area contributed by atoms with E-state index in [2.05, 4.69) is 17.2 Å². The van der Waals surface area contributed by atoms with E-state index in [9.17, 15) is 14.9 Å². The second kappa shape index (κ2) is 7.55. The fraction of sp³-hybridized carbons (Fsp3) is 0.300. The van der Waals surface area contributed by atoms with Crippen LogP contribution in [0.1, 0.15) is 30.1 Å². The third kappa shape index (κ3) is 3.68. The first-order chi connectivity index (χ1) is 13.5. The van der Waals surface area contributed by atoms with Gasteiger partial charge in [-0.15, -0.1) is 0 Å². The number of carbonyl (C=O) groups excluding carboxylic acids is 1. The van der Waals surface area contributed by atoms with Crippen molar-refractivity contribution in [2.75, 3.05) is 23.3 Å². The molecule has 1 saturated heterocycles. The Labute approximate surface area is 166 Å². The number of piperidine rings is 1. The van der Waals surface area contributed by atoms with E-state index in [4.69, 9.17) is 0 Å². The molecule has 1 aromatic heterocycles. The molecule has 7 nitrogen and oxygen atoms in total. The molecule has 1 atom stereocenters. The number of thiazole rings is 1. The van der Waals surface area contributed by atoms with Crippen LogP contribution in [0.4, 0.5) is 16.5 Å². The van der Waals surface area contributed by atoms with Gasteiger partial charge >= 0.3 is 0 Å². The Balaban J connectivity index is 1.59. The smallest absolute Gasteiger partial charge is 0.293 e. The number of benzene rings is 2. The van der Waals surface area contributed by atoms with Crippen LogP contribution >= 0.6 is 11.3 Å². The molecular weight excluding hydrogens is 376 g/mol. The minimum Gasteiger partial charge on any atom is -0.366 e. The molecule has 0 spiro atoms. The number of para-hydroxylation sites is 1. The van der Waals surface area contributed by atoms with Crippen LogP contribution in [0.5, 0.6) is 0 Å². The molecule has 0 bridgehead atoms. The third-order valence-corrected chi connectivity index (χ3v) is 5.90. The van der Waals surface area contributed by atoms with Crippen molar-refractivity contribution in [2.45, 2.75) is 19.8 Å². The van der Waals surface area contributed by atoms with Crippen molar-refractivity contribution in [3.63, 3.8) is 0 Å². The Morgan fingerprint density at radius 1 is 1.32 bits per heavy atom. The number of aromatic nitrogens is 1. The molecule has 2 heterocycles. The molecule has 144 valence electrons. The predicted octanol–water partition coefficient (Wildman–Crippen LogP) is 4.69. The average molecular weight is 396 g/mol. The maximum absolute atomic E-state index is 12.6. The van der Waals surface area contributed by atoms with E-state index in [0.29, 0.717) is 16.7 Å². The second-order valence-corrected chi connectivity index (χ2v) is 8.13. The number of nitrogens with zero attached hydrogens (tertiary/aromatic N) is 3. The summed E-state index contributed by atoms with van der Waals surface area (Å²) < 4.78 is 0.971. The van der Waals surface area contributed by atoms with E-state index in [1.165, 1.54) is 17.4 Å². The van der Waals surface area contributed by atoms with Crippen LogP contribution in [0.3, 0.4) is 0 Å². The van der Waals surface area contributed by atoms with Gasteiger partial charge in [-0.1, -0.05) is 30.4 Å². The molecule has 8 heteroatoms. The Morgan fingerprint density at radius 2 is 2.14 bits per heavy atom. The molecule has 0 saturated carbocycles. The highest BCUT2D eigenvalue weighted by Crippen LogP contribution is 2.33. The molecular formula is C20H20N4O3S. The lowest BCUT2D eigenvalue weighted by Crippen LogP contribution is -2.34. The number of amides is 1. The topological polar surface area (TPSA) is 88.4 Å². The molecule has 28 heavy (non-hydrogen) atoms. The lowest BCUT2D eigenvalue weighted by atomic mass is 9.99. The van der Waals surface area contributed by atoms with Gasteiger partial charge in [-0.3, -0.25) is 20.2 Å². The molecule has 0 aliphatic carbocycles. The van der Waals surface area contributed by atoms with Gasteiger partial charge in [0.05, 0.1) is 15.1 Å². The predicted molar refractivity (Wildman–Crippen MR) is 111 cm³/mol. The lowest BCUT2D eigenvalue weighted by Gasteiger charge is -2.32. The summed E-state index contributed by atoms with van der Waals surface area (Å²) in [6.45, 7) is 3.73. The van der Waals surface area contributed by atoms with Gasteiger partial charge in [-0.2, -0.15) is 0 Å². The van der Waals surface area contributed by atoms with Crippen LogP contribution in [-0.4, -0.2) is 28.9 Å². The van der Waals surface area contributed by atoms with E-state index in [0.717, 1.165) is 36.1 Å². The van der Waals surface area contributed by atoms with Gasteiger partial charge < -0.3 is 4.90 Å². The number of nitro benzene ring substituents is 1. The van der Waals surface area contributed by atoms with E-state index < -0.39 is 10.8 Å². The highest BCUT2D eigenvalue weighted by molar-refractivity contribution is 7.22. The number of nitro groups is 1. The van der Waals surface area contributed by atoms with Crippen molar-refractivity contribution in [1.82, 2.24) is 4.98 Å². The zero-order chi connectivity index (χ0) is 19.7. The van der Waals surface area contributed by atoms with Crippen LogP contribution in [0.25, 0.3) is 10.2 Å². The third-order valence-electron chi connectivity index (χ3n) is 4.95. The number of hydrogen-bond donors (Lipinski definition) is 1. The van der Waals surface area contributed by atoms with Crippen LogP contribution in [0, 0.1) is 16.0 Å². The summed E-state index contributed by atoms with van der Waals surface area (Å²) in [6.07, 6.45) is 2.14. The van der Waals surface area contributed by atoms with Gasteiger partial charge in [-0.05, 0) is 43.0 Å². The molecule has 0 radical (unpaired) electrons. The molecule has 2 aromatic carbocycles. The van der Waals surface area contributed by atoms with Gasteiger partial charge in [0.15, 0.2) is 5.13 Å². The molecule has 1 N–H and O–H groups in total. The average Bonchev–Trinajstić information content (AvgIpc) is 3.09. The maximum Gasteiger partial charge on any atom is 0.293 e. The first-order valence-corrected chi connectivity index (χ1v) is 10.0. The van der Waals surface area contributed by atoms with Crippen molar-refractivity contribution in [3.05, 3.63) is 58.1 Å². The highest BCUT2D eigenvalue weighted by atomic mass is 32.1. The molecule has 0 unspecified atom stereocenters. The zero-order valence-electron chi connectivity index (χ0n) is 15.4. The summed E-state index contributed by atoms with van der Waals surface area (Å²) in [5, 5.41) is 14.9. The molecule has 1 fully saturated rings. The SMILES string of the molecule is C[C@H]1CCCN(c2ccc(C(=O)Nc3nc4ccccc4s3)cc2[N+](=O)[O-])C1. The summed E-state index contributed by atoms with van der Waals surface area (Å²) in [6, 6.07) is 12.3. The number of anilines is 2. The second-order valence-electron chi connectivity index (χ2n) is 7.09. The van der Waals surface area contributed by atoms with Crippen molar-refractivity contribution < 1.29 is 9.72 Å². The standard InChI is InChI=1S/C20H20N4O3S/c1-13-5-4-10-23(12-13)16-9-8-14(11-17(16)24(26)27)19(25)22-20-21-15-6-2-3-7-18(15)28-20/h2-3,6-9,11,13H,4-5,10,12H2,1H3,(H,21,22,25)/t13-/m0/s1. The number of rotatable bonds is 4. The van der Waals surface area contributed by atoms with Crippen LogP contribution < -0.4 is 10.2 Å². The van der Waals surface area contributed by atoms with Crippen molar-refractivity contribution in [3.8, 4) is 0 Å². The van der Waals surface area contributed by atoms with E-state index in [1.807, 2.05) is 29.2 Å². The van der Waals surface area contributed by atoms with E-state index >= 15 is 0 Å². The first kappa shape index (κ1) is 18.4. The number of carbonyl (C=O) groups is 1. The summed E-state index contributed by atoms with van der Waals surface area (Å²) in [7, 11) is 0. The van der Waals surface area contributed by atoms with Gasteiger partial charge in [0.2, 0.25) is 0 Å². The van der Waals surface area contributed by atoms with E-state index in [1.54, 1.807) is 12.1 Å². The Kier molecular flexibility index (Phi) is 4.95. The Hall–Kier alpha value is -3.00. The summed E-state index contributed by atoms with van der Waals surface area (Å²) in [5.74, 6) is 0.0936. The van der Waals surface area contributed by atoms with Crippen LogP contribution in [0.15, 0.2) is 42.5 Å². The number of nitrogens with one attached hydrogen (secondary N) is 1. The largest absolute Gasteiger partial charge is 0.366 e. The Morgan fingerprint density at radius 3 is 2.89 bits per heavy atom. The first-order valence-electron chi connectivity index (χ1n) is 9.21. The van der Waals surface area contributed by atoms with Gasteiger partial charge in [0, 0.05) is 24.7 Å². The maximum atomic E-state index is 12.6. The van der Waals surface area contributed by atoms with Crippen LogP contribution in [-0.2, 0) is 0 Å². The molecule has 1 amide bonds. The van der Waals surface area contributed by atoms with Gasteiger partial charge in [-0.25, -0.2) is 4.98 Å². The van der Waals surface area contributed by atoms with Crippen molar-refractivity contribution in [2.24, 2.45) is 5.92 Å². The normalized spacial score (nSPS) is 16.9. The summed E-state index contributed by atoms with van der Waals surface area (Å²) in [4.78, 5) is 30.3. The monoisotopic (exact) mass is 396 g/mol. The molecule has 3 aromatic rings. The Bertz CT molecular complexity index is 1020. The number of fused-ring (bicyclic) bond motifs is 1. The van der Waals surface area contributed by atoms with Gasteiger partial charge in [0.25, 0.3) is 11.6 Å². The van der Waals surface area contributed by atoms with Crippen molar-refractivity contribution in [1.29, 1.82) is 0 Å². The fourth-order valence-electron chi connectivity index (χ4n) is 3.58. The minimum atomic E-state index is -0.414. The highest BCUT2D eigenvalue weighted by Gasteiger charge is 2.25. The number of hydrogen-bond acceptors (Lipinski definition) is 6. The quantitative estimate of drug-likeness (QED) is 0.510. The zero-order valence-corrected chi connectivity index (χ0v) is 16.2. The van der Waals surface area contributed by atoms with Crippen LogP contribution in [0.2, 0.25) is 0 Å².